The van der Waals surface area contributed by atoms with E-state index in [-0.39, 0.29) is 18.6 Å². The summed E-state index contributed by atoms with van der Waals surface area (Å²) in [5.74, 6) is 3.27. The highest BCUT2D eigenvalue weighted by atomic mass is 16.5. The Morgan fingerprint density at radius 1 is 1.61 bits per heavy atom. The number of anilines is 1. The number of rotatable bonds is 4. The topological polar surface area (TPSA) is 50.4 Å². The van der Waals surface area contributed by atoms with Crippen molar-refractivity contribution in [1.82, 2.24) is 5.32 Å². The molecule has 0 aromatic heterocycles. The lowest BCUT2D eigenvalue weighted by molar-refractivity contribution is -0.118. The Hall–Kier alpha value is -1.99. The van der Waals surface area contributed by atoms with E-state index < -0.39 is 0 Å². The fourth-order valence-electron chi connectivity index (χ4n) is 1.80. The van der Waals surface area contributed by atoms with Crippen LogP contribution >= 0.6 is 0 Å². The second-order valence-electron chi connectivity index (χ2n) is 4.18. The maximum absolute atomic E-state index is 11.2. The zero-order chi connectivity index (χ0) is 13.0. The second-order valence-corrected chi connectivity index (χ2v) is 4.18. The van der Waals surface area contributed by atoms with Crippen molar-refractivity contribution >= 4 is 11.6 Å². The molecule has 1 aromatic carbocycles. The quantitative estimate of drug-likeness (QED) is 0.789. The van der Waals surface area contributed by atoms with Gasteiger partial charge >= 0.3 is 0 Å². The van der Waals surface area contributed by atoms with Crippen molar-refractivity contribution < 1.29 is 9.53 Å². The van der Waals surface area contributed by atoms with Crippen LogP contribution in [0.2, 0.25) is 0 Å². The third-order valence-electron chi connectivity index (χ3n) is 2.84. The molecule has 94 valence electrons. The Bertz CT molecular complexity index is 491. The number of hydrogen-bond donors (Lipinski definition) is 2. The first-order valence-corrected chi connectivity index (χ1v) is 5.98. The number of nitrogens with one attached hydrogen (secondary N) is 2. The lowest BCUT2D eigenvalue weighted by Crippen LogP contribution is -2.27. The van der Waals surface area contributed by atoms with Crippen LogP contribution in [0.4, 0.5) is 5.69 Å². The van der Waals surface area contributed by atoms with E-state index in [1.54, 1.807) is 0 Å². The van der Waals surface area contributed by atoms with E-state index in [4.69, 9.17) is 11.2 Å². The molecule has 2 rings (SSSR count). The van der Waals surface area contributed by atoms with Crippen LogP contribution in [0.25, 0.3) is 0 Å². The SMILES string of the molecule is C#CC(CC)NCc1ccc2c(c1)NC(=O)CO2. The molecule has 1 aliphatic rings. The third-order valence-corrected chi connectivity index (χ3v) is 2.84. The van der Waals surface area contributed by atoms with Crippen LogP contribution in [0.15, 0.2) is 18.2 Å². The summed E-state index contributed by atoms with van der Waals surface area (Å²) in [6.07, 6.45) is 6.28. The van der Waals surface area contributed by atoms with Crippen molar-refractivity contribution in [3.8, 4) is 18.1 Å². The molecular formula is C14H16N2O2. The number of fused-ring (bicyclic) bond motifs is 1. The molecule has 0 bridgehead atoms. The van der Waals surface area contributed by atoms with Crippen LogP contribution in [0.3, 0.4) is 0 Å². The van der Waals surface area contributed by atoms with Gasteiger partial charge in [-0.3, -0.25) is 10.1 Å². The first kappa shape index (κ1) is 12.5. The van der Waals surface area contributed by atoms with Crippen molar-refractivity contribution in [2.24, 2.45) is 0 Å². The monoisotopic (exact) mass is 244 g/mol. The van der Waals surface area contributed by atoms with E-state index in [0.717, 1.165) is 17.7 Å². The van der Waals surface area contributed by atoms with E-state index in [1.807, 2.05) is 25.1 Å². The summed E-state index contributed by atoms with van der Waals surface area (Å²) in [5, 5.41) is 6.05. The van der Waals surface area contributed by atoms with Crippen molar-refractivity contribution in [3.63, 3.8) is 0 Å². The van der Waals surface area contributed by atoms with Gasteiger partial charge in [-0.25, -0.2) is 0 Å². The molecule has 2 N–H and O–H groups in total. The Balaban J connectivity index is 2.05. The summed E-state index contributed by atoms with van der Waals surface area (Å²) < 4.78 is 5.29. The molecule has 4 nitrogen and oxygen atoms in total. The molecule has 18 heavy (non-hydrogen) atoms. The molecule has 0 radical (unpaired) electrons. The van der Waals surface area contributed by atoms with Crippen LogP contribution in [0.1, 0.15) is 18.9 Å². The fraction of sp³-hybridized carbons (Fsp3) is 0.357. The number of benzene rings is 1. The summed E-state index contributed by atoms with van der Waals surface area (Å²) in [6.45, 7) is 2.80. The average Bonchev–Trinajstić information content (AvgIpc) is 2.39. The van der Waals surface area contributed by atoms with Crippen LogP contribution < -0.4 is 15.4 Å². The smallest absolute Gasteiger partial charge is 0.262 e. The predicted octanol–water partition coefficient (Wildman–Crippen LogP) is 1.52. The number of carbonyl (C=O) groups excluding carboxylic acids is 1. The average molecular weight is 244 g/mol. The highest BCUT2D eigenvalue weighted by molar-refractivity contribution is 5.95. The molecule has 4 heteroatoms. The van der Waals surface area contributed by atoms with Gasteiger partial charge in [0.05, 0.1) is 11.7 Å². The number of amides is 1. The lowest BCUT2D eigenvalue weighted by atomic mass is 10.1. The summed E-state index contributed by atoms with van der Waals surface area (Å²) in [7, 11) is 0. The van der Waals surface area contributed by atoms with Crippen molar-refractivity contribution in [3.05, 3.63) is 23.8 Å². The molecule has 1 aromatic rings. The van der Waals surface area contributed by atoms with Gasteiger partial charge < -0.3 is 10.1 Å². The minimum atomic E-state index is -0.123. The van der Waals surface area contributed by atoms with Crippen molar-refractivity contribution in [1.29, 1.82) is 0 Å². The van der Waals surface area contributed by atoms with Gasteiger partial charge in [-0.2, -0.15) is 0 Å². The minimum absolute atomic E-state index is 0.0758. The van der Waals surface area contributed by atoms with Gasteiger partial charge in [0, 0.05) is 6.54 Å². The second kappa shape index (κ2) is 5.56. The van der Waals surface area contributed by atoms with Crippen molar-refractivity contribution in [2.75, 3.05) is 11.9 Å². The minimum Gasteiger partial charge on any atom is -0.482 e. The molecule has 0 aliphatic carbocycles. The van der Waals surface area contributed by atoms with Crippen LogP contribution in [-0.2, 0) is 11.3 Å². The van der Waals surface area contributed by atoms with Crippen molar-refractivity contribution in [2.45, 2.75) is 25.9 Å². The first-order chi connectivity index (χ1) is 8.72. The van der Waals surface area contributed by atoms with Gasteiger partial charge in [0.2, 0.25) is 0 Å². The number of hydrogen-bond acceptors (Lipinski definition) is 3. The predicted molar refractivity (Wildman–Crippen MR) is 70.3 cm³/mol. The molecule has 1 heterocycles. The summed E-state index contributed by atoms with van der Waals surface area (Å²) in [6, 6.07) is 5.81. The highest BCUT2D eigenvalue weighted by Crippen LogP contribution is 2.28. The van der Waals surface area contributed by atoms with E-state index in [0.29, 0.717) is 12.3 Å². The van der Waals surface area contributed by atoms with Gasteiger partial charge in [0.15, 0.2) is 6.61 Å². The first-order valence-electron chi connectivity index (χ1n) is 5.98. The molecule has 1 unspecified atom stereocenters. The summed E-state index contributed by atoms with van der Waals surface area (Å²) in [4.78, 5) is 11.2. The summed E-state index contributed by atoms with van der Waals surface area (Å²) >= 11 is 0. The number of carbonyl (C=O) groups is 1. The number of terminal acetylenes is 1. The zero-order valence-corrected chi connectivity index (χ0v) is 10.3. The third kappa shape index (κ3) is 2.82. The Morgan fingerprint density at radius 3 is 3.17 bits per heavy atom. The Kier molecular flexibility index (Phi) is 3.85. The van der Waals surface area contributed by atoms with E-state index in [9.17, 15) is 4.79 Å². The zero-order valence-electron chi connectivity index (χ0n) is 10.3. The number of ether oxygens (including phenoxy) is 1. The Morgan fingerprint density at radius 2 is 2.44 bits per heavy atom. The molecule has 0 saturated carbocycles. The van der Waals surface area contributed by atoms with Crippen LogP contribution in [0.5, 0.6) is 5.75 Å². The highest BCUT2D eigenvalue weighted by Gasteiger charge is 2.15. The fourth-order valence-corrected chi connectivity index (χ4v) is 1.80. The van der Waals surface area contributed by atoms with E-state index >= 15 is 0 Å². The van der Waals surface area contributed by atoms with Crippen LogP contribution in [0, 0.1) is 12.3 Å². The van der Waals surface area contributed by atoms with Gasteiger partial charge in [-0.1, -0.05) is 18.9 Å². The molecule has 1 atom stereocenters. The standard InChI is InChI=1S/C14H16N2O2/c1-3-11(4-2)15-8-10-5-6-13-12(7-10)16-14(17)9-18-13/h1,5-7,11,15H,4,8-9H2,2H3,(H,16,17). The molecule has 0 fully saturated rings. The Labute approximate surface area is 107 Å². The molecular weight excluding hydrogens is 228 g/mol. The molecule has 0 spiro atoms. The van der Waals surface area contributed by atoms with Gasteiger partial charge in [0.25, 0.3) is 5.91 Å². The van der Waals surface area contributed by atoms with Gasteiger partial charge in [-0.15, -0.1) is 6.42 Å². The lowest BCUT2D eigenvalue weighted by Gasteiger charge is -2.19. The van der Waals surface area contributed by atoms with Gasteiger partial charge in [0.1, 0.15) is 5.75 Å². The van der Waals surface area contributed by atoms with E-state index in [1.165, 1.54) is 0 Å². The van der Waals surface area contributed by atoms with Gasteiger partial charge in [-0.05, 0) is 24.1 Å². The van der Waals surface area contributed by atoms with E-state index in [2.05, 4.69) is 16.6 Å². The maximum Gasteiger partial charge on any atom is 0.262 e. The van der Waals surface area contributed by atoms with Crippen LogP contribution in [-0.4, -0.2) is 18.6 Å². The molecule has 1 aliphatic heterocycles. The summed E-state index contributed by atoms with van der Waals surface area (Å²) in [5.41, 5.74) is 1.78. The normalized spacial score (nSPS) is 15.0. The molecule has 1 amide bonds. The molecule has 0 saturated heterocycles. The largest absolute Gasteiger partial charge is 0.482 e. The maximum atomic E-state index is 11.2.